The fraction of sp³-hybridized carbons (Fsp3) is 0.611. The first-order valence-electron chi connectivity index (χ1n) is 9.21. The van der Waals surface area contributed by atoms with Gasteiger partial charge in [-0.1, -0.05) is 29.3 Å². The van der Waals surface area contributed by atoms with Gasteiger partial charge in [0.2, 0.25) is 5.91 Å². The number of amides is 1. The summed E-state index contributed by atoms with van der Waals surface area (Å²) >= 11 is 12.0. The number of halogens is 3. The molecule has 1 aromatic carbocycles. The third-order valence-corrected chi connectivity index (χ3v) is 7.26. The van der Waals surface area contributed by atoms with Crippen molar-refractivity contribution in [3.8, 4) is 0 Å². The number of hydrogen-bond donors (Lipinski definition) is 2. The zero-order valence-corrected chi connectivity index (χ0v) is 19.2. The SMILES string of the molecule is CS(=O)(=O)C(C(=O)N1CCN[C@@H](CN2CC[C@H](O)C2)C1)c1ccc(Cl)c(Cl)c1.Cl. The fourth-order valence-corrected chi connectivity index (χ4v) is 5.31. The maximum absolute atomic E-state index is 13.2. The number of aliphatic hydroxyl groups is 1. The number of carbonyl (C=O) groups excluding carboxylic acids is 1. The molecule has 2 fully saturated rings. The van der Waals surface area contributed by atoms with Gasteiger partial charge in [0.25, 0.3) is 0 Å². The van der Waals surface area contributed by atoms with Crippen molar-refractivity contribution in [1.82, 2.24) is 15.1 Å². The van der Waals surface area contributed by atoms with E-state index in [1.165, 1.54) is 18.2 Å². The van der Waals surface area contributed by atoms with E-state index >= 15 is 0 Å². The van der Waals surface area contributed by atoms with Gasteiger partial charge in [-0.2, -0.15) is 0 Å². The van der Waals surface area contributed by atoms with Gasteiger partial charge >= 0.3 is 0 Å². The van der Waals surface area contributed by atoms with E-state index in [9.17, 15) is 18.3 Å². The van der Waals surface area contributed by atoms with E-state index < -0.39 is 21.0 Å². The number of nitrogens with zero attached hydrogens (tertiary/aromatic N) is 2. The molecule has 11 heteroatoms. The van der Waals surface area contributed by atoms with Crippen molar-refractivity contribution < 1.29 is 18.3 Å². The Morgan fingerprint density at radius 3 is 2.59 bits per heavy atom. The second kappa shape index (κ2) is 10.1. The molecular formula is C18H26Cl3N3O4S. The molecule has 3 rings (SSSR count). The van der Waals surface area contributed by atoms with E-state index in [0.717, 1.165) is 19.2 Å². The highest BCUT2D eigenvalue weighted by Gasteiger charge is 2.37. The summed E-state index contributed by atoms with van der Waals surface area (Å²) in [5.74, 6) is -0.450. The number of likely N-dealkylation sites (tertiary alicyclic amines) is 1. The number of rotatable bonds is 5. The van der Waals surface area contributed by atoms with Crippen molar-refractivity contribution in [2.45, 2.75) is 23.8 Å². The molecule has 1 unspecified atom stereocenters. The third kappa shape index (κ3) is 6.19. The van der Waals surface area contributed by atoms with Gasteiger partial charge < -0.3 is 15.3 Å². The molecule has 164 valence electrons. The topological polar surface area (TPSA) is 90.0 Å². The number of benzene rings is 1. The minimum absolute atomic E-state index is 0. The first-order chi connectivity index (χ1) is 13.1. The van der Waals surface area contributed by atoms with Gasteiger partial charge in [0.1, 0.15) is 0 Å². The molecule has 0 bridgehead atoms. The average Bonchev–Trinajstić information content (AvgIpc) is 3.02. The lowest BCUT2D eigenvalue weighted by molar-refractivity contribution is -0.132. The van der Waals surface area contributed by atoms with E-state index in [1.54, 1.807) is 4.90 Å². The second-order valence-corrected chi connectivity index (χ2v) is 10.5. The van der Waals surface area contributed by atoms with Crippen LogP contribution in [0.5, 0.6) is 0 Å². The van der Waals surface area contributed by atoms with Crippen molar-refractivity contribution in [1.29, 1.82) is 0 Å². The van der Waals surface area contributed by atoms with Crippen LogP contribution in [0.2, 0.25) is 10.0 Å². The molecule has 2 saturated heterocycles. The summed E-state index contributed by atoms with van der Waals surface area (Å²) in [4.78, 5) is 16.9. The van der Waals surface area contributed by atoms with Crippen LogP contribution in [0.1, 0.15) is 17.2 Å². The predicted octanol–water partition coefficient (Wildman–Crippen LogP) is 1.37. The van der Waals surface area contributed by atoms with Crippen molar-refractivity contribution >= 4 is 51.4 Å². The van der Waals surface area contributed by atoms with Crippen LogP contribution in [0.15, 0.2) is 18.2 Å². The molecule has 2 heterocycles. The smallest absolute Gasteiger partial charge is 0.245 e. The highest BCUT2D eigenvalue weighted by atomic mass is 35.5. The molecular weight excluding hydrogens is 461 g/mol. The van der Waals surface area contributed by atoms with Crippen LogP contribution in [-0.4, -0.2) is 86.9 Å². The van der Waals surface area contributed by atoms with E-state index in [4.69, 9.17) is 23.2 Å². The Labute approximate surface area is 187 Å². The van der Waals surface area contributed by atoms with Crippen LogP contribution in [-0.2, 0) is 14.6 Å². The van der Waals surface area contributed by atoms with Gasteiger partial charge in [-0.05, 0) is 24.1 Å². The van der Waals surface area contributed by atoms with Crippen LogP contribution in [0.4, 0.5) is 0 Å². The van der Waals surface area contributed by atoms with E-state index in [0.29, 0.717) is 43.3 Å². The van der Waals surface area contributed by atoms with Crippen molar-refractivity contribution in [2.24, 2.45) is 0 Å². The second-order valence-electron chi connectivity index (χ2n) is 7.52. The Hall–Kier alpha value is -0.610. The predicted molar refractivity (Wildman–Crippen MR) is 117 cm³/mol. The van der Waals surface area contributed by atoms with E-state index in [2.05, 4.69) is 10.2 Å². The molecule has 0 aromatic heterocycles. The monoisotopic (exact) mass is 485 g/mol. The van der Waals surface area contributed by atoms with Gasteiger partial charge in [0.15, 0.2) is 15.1 Å². The number of β-amino-alcohol motifs (C(OH)–C–C–N with tert-alkyl or cyclic N) is 1. The zero-order chi connectivity index (χ0) is 20.5. The molecule has 2 aliphatic heterocycles. The number of carbonyl (C=O) groups is 1. The van der Waals surface area contributed by atoms with Gasteiger partial charge in [0.05, 0.1) is 16.1 Å². The van der Waals surface area contributed by atoms with Gasteiger partial charge in [0, 0.05) is 51.6 Å². The summed E-state index contributed by atoms with van der Waals surface area (Å²) in [5, 5.41) is 12.3. The standard InChI is InChI=1S/C18H25Cl2N3O4S.ClH/c1-28(26,27)17(12-2-3-15(19)16(20)8-12)18(25)23-7-5-21-13(10-23)9-22-6-4-14(24)11-22;/h2-3,8,13-14,17,21,24H,4-7,9-11H2,1H3;1H/t13-,14-,17?;/m0./s1. The zero-order valence-electron chi connectivity index (χ0n) is 16.1. The molecule has 7 nitrogen and oxygen atoms in total. The summed E-state index contributed by atoms with van der Waals surface area (Å²) in [6.07, 6.45) is 1.51. The lowest BCUT2D eigenvalue weighted by Gasteiger charge is -2.37. The lowest BCUT2D eigenvalue weighted by Crippen LogP contribution is -2.57. The van der Waals surface area contributed by atoms with Gasteiger partial charge in [-0.3, -0.25) is 9.69 Å². The number of nitrogens with one attached hydrogen (secondary N) is 1. The largest absolute Gasteiger partial charge is 0.392 e. The van der Waals surface area contributed by atoms with Crippen LogP contribution in [0, 0.1) is 0 Å². The molecule has 2 N–H and O–H groups in total. The highest BCUT2D eigenvalue weighted by molar-refractivity contribution is 7.91. The fourth-order valence-electron chi connectivity index (χ4n) is 3.85. The lowest BCUT2D eigenvalue weighted by atomic mass is 10.1. The minimum Gasteiger partial charge on any atom is -0.392 e. The molecule has 1 aromatic rings. The quantitative estimate of drug-likeness (QED) is 0.653. The van der Waals surface area contributed by atoms with E-state index in [-0.39, 0.29) is 29.6 Å². The van der Waals surface area contributed by atoms with Gasteiger partial charge in [-0.15, -0.1) is 12.4 Å². The normalized spacial score (nSPS) is 24.2. The molecule has 0 saturated carbocycles. The Morgan fingerprint density at radius 2 is 2.00 bits per heavy atom. The Bertz CT molecular complexity index is 840. The summed E-state index contributed by atoms with van der Waals surface area (Å²) in [7, 11) is -3.70. The minimum atomic E-state index is -3.70. The van der Waals surface area contributed by atoms with Crippen LogP contribution in [0.3, 0.4) is 0 Å². The summed E-state index contributed by atoms with van der Waals surface area (Å²) in [6, 6.07) is 4.50. The molecule has 29 heavy (non-hydrogen) atoms. The number of hydrogen-bond acceptors (Lipinski definition) is 6. The molecule has 2 aliphatic rings. The average molecular weight is 487 g/mol. The van der Waals surface area contributed by atoms with Crippen molar-refractivity contribution in [2.75, 3.05) is 45.5 Å². The Kier molecular flexibility index (Phi) is 8.61. The maximum atomic E-state index is 13.2. The van der Waals surface area contributed by atoms with Crippen LogP contribution in [0.25, 0.3) is 0 Å². The molecule has 0 aliphatic carbocycles. The van der Waals surface area contributed by atoms with Crippen LogP contribution >= 0.6 is 35.6 Å². The van der Waals surface area contributed by atoms with Crippen LogP contribution < -0.4 is 5.32 Å². The first-order valence-corrected chi connectivity index (χ1v) is 11.9. The van der Waals surface area contributed by atoms with Crippen molar-refractivity contribution in [3.05, 3.63) is 33.8 Å². The Balaban J connectivity index is 0.00000300. The molecule has 1 amide bonds. The molecule has 0 spiro atoms. The summed E-state index contributed by atoms with van der Waals surface area (Å²) in [5.41, 5.74) is 0.319. The first kappa shape index (κ1) is 24.7. The van der Waals surface area contributed by atoms with Gasteiger partial charge in [-0.25, -0.2) is 8.42 Å². The van der Waals surface area contributed by atoms with E-state index in [1.807, 2.05) is 0 Å². The summed E-state index contributed by atoms with van der Waals surface area (Å²) in [6.45, 7) is 3.59. The number of aliphatic hydroxyl groups excluding tert-OH is 1. The molecule has 3 atom stereocenters. The number of piperazine rings is 1. The third-order valence-electron chi connectivity index (χ3n) is 5.19. The maximum Gasteiger partial charge on any atom is 0.245 e. The summed E-state index contributed by atoms with van der Waals surface area (Å²) < 4.78 is 24.9. The number of sulfone groups is 1. The Morgan fingerprint density at radius 1 is 1.28 bits per heavy atom. The van der Waals surface area contributed by atoms with Crippen molar-refractivity contribution in [3.63, 3.8) is 0 Å². The molecule has 0 radical (unpaired) electrons. The highest BCUT2D eigenvalue weighted by Crippen LogP contribution is 2.30.